The molecule has 1 rings (SSSR count). The lowest BCUT2D eigenvalue weighted by Gasteiger charge is -2.30. The fraction of sp³-hybridized carbons (Fsp3) is 0.909. The van der Waals surface area contributed by atoms with Crippen LogP contribution in [-0.2, 0) is 4.79 Å². The van der Waals surface area contributed by atoms with Crippen LogP contribution in [0.25, 0.3) is 0 Å². The van der Waals surface area contributed by atoms with Gasteiger partial charge < -0.3 is 4.90 Å². The van der Waals surface area contributed by atoms with Crippen molar-refractivity contribution in [1.82, 2.24) is 4.90 Å². The predicted molar refractivity (Wildman–Crippen MR) is 54.4 cm³/mol. The lowest BCUT2D eigenvalue weighted by atomic mass is 9.76. The molecule has 2 nitrogen and oxygen atoms in total. The monoisotopic (exact) mass is 183 g/mol. The highest BCUT2D eigenvalue weighted by Crippen LogP contribution is 2.36. The van der Waals surface area contributed by atoms with Crippen LogP contribution in [-0.4, -0.2) is 23.9 Å². The first-order valence-electron chi connectivity index (χ1n) is 5.23. The van der Waals surface area contributed by atoms with Gasteiger partial charge in [-0.05, 0) is 17.8 Å². The van der Waals surface area contributed by atoms with Crippen molar-refractivity contribution in [1.29, 1.82) is 0 Å². The Morgan fingerprint density at radius 3 is 2.54 bits per heavy atom. The van der Waals surface area contributed by atoms with E-state index < -0.39 is 0 Å². The summed E-state index contributed by atoms with van der Waals surface area (Å²) in [7, 11) is 0. The Labute approximate surface area is 81.3 Å². The van der Waals surface area contributed by atoms with Crippen LogP contribution in [0.4, 0.5) is 0 Å². The second-order valence-corrected chi connectivity index (χ2v) is 4.79. The smallest absolute Gasteiger partial charge is 0.219 e. The number of likely N-dealkylation sites (tertiary alicyclic amines) is 1. The topological polar surface area (TPSA) is 20.3 Å². The van der Waals surface area contributed by atoms with Gasteiger partial charge in [0.05, 0.1) is 0 Å². The van der Waals surface area contributed by atoms with E-state index in [0.717, 1.165) is 13.1 Å². The molecule has 76 valence electrons. The first kappa shape index (κ1) is 10.6. The molecule has 13 heavy (non-hydrogen) atoms. The van der Waals surface area contributed by atoms with Crippen LogP contribution >= 0.6 is 0 Å². The van der Waals surface area contributed by atoms with Crippen molar-refractivity contribution in [2.45, 2.75) is 40.5 Å². The van der Waals surface area contributed by atoms with E-state index in [2.05, 4.69) is 20.8 Å². The van der Waals surface area contributed by atoms with Crippen molar-refractivity contribution >= 4 is 5.91 Å². The first-order valence-corrected chi connectivity index (χ1v) is 5.23. The Balaban J connectivity index is 2.54. The number of hydrogen-bond donors (Lipinski definition) is 0. The summed E-state index contributed by atoms with van der Waals surface area (Å²) in [4.78, 5) is 13.1. The van der Waals surface area contributed by atoms with Crippen LogP contribution in [0.3, 0.4) is 0 Å². The van der Waals surface area contributed by atoms with Crippen molar-refractivity contribution in [2.75, 3.05) is 13.1 Å². The van der Waals surface area contributed by atoms with E-state index >= 15 is 0 Å². The van der Waals surface area contributed by atoms with E-state index in [4.69, 9.17) is 0 Å². The van der Waals surface area contributed by atoms with Crippen LogP contribution in [0.1, 0.15) is 40.5 Å². The lowest BCUT2D eigenvalue weighted by Crippen LogP contribution is -2.30. The second kappa shape index (κ2) is 3.69. The Morgan fingerprint density at radius 2 is 2.15 bits per heavy atom. The zero-order valence-corrected chi connectivity index (χ0v) is 9.26. The van der Waals surface area contributed by atoms with Crippen molar-refractivity contribution in [3.63, 3.8) is 0 Å². The predicted octanol–water partition coefficient (Wildman–Crippen LogP) is 2.29. The molecule has 1 aliphatic heterocycles. The number of nitrogens with zero attached hydrogens (tertiary/aromatic N) is 1. The normalized spacial score (nSPS) is 23.7. The van der Waals surface area contributed by atoms with E-state index in [9.17, 15) is 4.79 Å². The Bertz CT molecular complexity index is 198. The molecule has 2 heteroatoms. The molecule has 1 saturated heterocycles. The maximum Gasteiger partial charge on any atom is 0.219 e. The number of carbonyl (C=O) groups is 1. The molecule has 1 heterocycles. The van der Waals surface area contributed by atoms with Crippen molar-refractivity contribution in [3.8, 4) is 0 Å². The fourth-order valence-corrected chi connectivity index (χ4v) is 1.97. The van der Waals surface area contributed by atoms with Crippen LogP contribution in [0.2, 0.25) is 0 Å². The third-order valence-electron chi connectivity index (χ3n) is 3.65. The highest BCUT2D eigenvalue weighted by atomic mass is 16.2. The van der Waals surface area contributed by atoms with Gasteiger partial charge in [-0.1, -0.05) is 27.2 Å². The Kier molecular flexibility index (Phi) is 2.99. The number of carbonyl (C=O) groups excluding carboxylic acids is 1. The molecule has 1 aliphatic rings. The summed E-state index contributed by atoms with van der Waals surface area (Å²) in [6, 6.07) is 0. The molecule has 0 N–H and O–H groups in total. The summed E-state index contributed by atoms with van der Waals surface area (Å²) in [5.74, 6) is 0.927. The average molecular weight is 183 g/mol. The largest absolute Gasteiger partial charge is 0.343 e. The number of hydrogen-bond acceptors (Lipinski definition) is 1. The zero-order valence-electron chi connectivity index (χ0n) is 9.26. The highest BCUT2D eigenvalue weighted by molar-refractivity contribution is 5.73. The second-order valence-electron chi connectivity index (χ2n) is 4.79. The molecule has 1 atom stereocenters. The molecule has 1 amide bonds. The van der Waals surface area contributed by atoms with Gasteiger partial charge in [0.2, 0.25) is 5.91 Å². The minimum absolute atomic E-state index is 0.231. The third-order valence-corrected chi connectivity index (χ3v) is 3.65. The van der Waals surface area contributed by atoms with Gasteiger partial charge in [0.15, 0.2) is 0 Å². The summed E-state index contributed by atoms with van der Waals surface area (Å²) in [6.07, 6.45) is 2.38. The molecule has 0 aromatic heterocycles. The zero-order chi connectivity index (χ0) is 10.1. The SMILES string of the molecule is CCC(C)(C)C1CCN(C(C)=O)C1. The average Bonchev–Trinajstić information content (AvgIpc) is 2.52. The van der Waals surface area contributed by atoms with Gasteiger partial charge in [-0.25, -0.2) is 0 Å². The molecule has 0 bridgehead atoms. The fourth-order valence-electron chi connectivity index (χ4n) is 1.97. The molecular weight excluding hydrogens is 162 g/mol. The quantitative estimate of drug-likeness (QED) is 0.643. The van der Waals surface area contributed by atoms with Crippen molar-refractivity contribution in [2.24, 2.45) is 11.3 Å². The van der Waals surface area contributed by atoms with Crippen molar-refractivity contribution < 1.29 is 4.79 Å². The van der Waals surface area contributed by atoms with Gasteiger partial charge in [-0.2, -0.15) is 0 Å². The highest BCUT2D eigenvalue weighted by Gasteiger charge is 2.34. The molecule has 1 fully saturated rings. The van der Waals surface area contributed by atoms with Gasteiger partial charge in [-0.3, -0.25) is 4.79 Å². The van der Waals surface area contributed by atoms with E-state index in [1.54, 1.807) is 6.92 Å². The minimum Gasteiger partial charge on any atom is -0.343 e. The Hall–Kier alpha value is -0.530. The lowest BCUT2D eigenvalue weighted by molar-refractivity contribution is -0.128. The van der Waals surface area contributed by atoms with Crippen LogP contribution in [0.5, 0.6) is 0 Å². The van der Waals surface area contributed by atoms with Gasteiger partial charge in [-0.15, -0.1) is 0 Å². The summed E-state index contributed by atoms with van der Waals surface area (Å²) in [5.41, 5.74) is 0.393. The molecule has 0 spiro atoms. The standard InChI is InChI=1S/C11H21NO/c1-5-11(3,4)10-6-7-12(8-10)9(2)13/h10H,5-8H2,1-4H3. The van der Waals surface area contributed by atoms with Crippen LogP contribution in [0.15, 0.2) is 0 Å². The molecule has 0 aromatic rings. The maximum atomic E-state index is 11.1. The maximum absolute atomic E-state index is 11.1. The van der Waals surface area contributed by atoms with Gasteiger partial charge >= 0.3 is 0 Å². The van der Waals surface area contributed by atoms with E-state index in [1.165, 1.54) is 12.8 Å². The van der Waals surface area contributed by atoms with Crippen LogP contribution in [0, 0.1) is 11.3 Å². The molecular formula is C11H21NO. The molecule has 1 unspecified atom stereocenters. The first-order chi connectivity index (χ1) is 5.97. The van der Waals surface area contributed by atoms with Gasteiger partial charge in [0.25, 0.3) is 0 Å². The third kappa shape index (κ3) is 2.23. The summed E-state index contributed by atoms with van der Waals surface area (Å²) in [5, 5.41) is 0. The molecule has 0 aliphatic carbocycles. The van der Waals surface area contributed by atoms with Crippen molar-refractivity contribution in [3.05, 3.63) is 0 Å². The minimum atomic E-state index is 0.231. The number of amides is 1. The Morgan fingerprint density at radius 1 is 1.54 bits per heavy atom. The molecule has 0 saturated carbocycles. The van der Waals surface area contributed by atoms with E-state index in [-0.39, 0.29) is 5.91 Å². The number of rotatable bonds is 2. The van der Waals surface area contributed by atoms with E-state index in [1.807, 2.05) is 4.90 Å². The van der Waals surface area contributed by atoms with Crippen LogP contribution < -0.4 is 0 Å². The van der Waals surface area contributed by atoms with Gasteiger partial charge in [0.1, 0.15) is 0 Å². The summed E-state index contributed by atoms with van der Waals surface area (Å²) in [6.45, 7) is 10.4. The van der Waals surface area contributed by atoms with E-state index in [0.29, 0.717) is 11.3 Å². The summed E-state index contributed by atoms with van der Waals surface area (Å²) < 4.78 is 0. The summed E-state index contributed by atoms with van der Waals surface area (Å²) >= 11 is 0. The molecule has 0 radical (unpaired) electrons. The van der Waals surface area contributed by atoms with Gasteiger partial charge in [0, 0.05) is 20.0 Å². The molecule has 0 aromatic carbocycles.